The summed E-state index contributed by atoms with van der Waals surface area (Å²) in [6.07, 6.45) is 4.86. The van der Waals surface area contributed by atoms with Gasteiger partial charge in [-0.2, -0.15) is 5.10 Å². The quantitative estimate of drug-likeness (QED) is 0.109. The first-order valence-electron chi connectivity index (χ1n) is 19.8. The maximum atomic E-state index is 14.4. The molecule has 2 unspecified atom stereocenters. The lowest BCUT2D eigenvalue weighted by Gasteiger charge is -2.38. The molecule has 6 N–H and O–H groups in total. The van der Waals surface area contributed by atoms with Crippen molar-refractivity contribution in [3.8, 4) is 23.0 Å². The van der Waals surface area contributed by atoms with Crippen molar-refractivity contribution in [3.05, 3.63) is 52.8 Å². The molecule has 5 bridgehead atoms. The monoisotopic (exact) mass is 822 g/mol. The number of anilines is 1. The Kier molecular flexibility index (Phi) is 13.7. The predicted molar refractivity (Wildman–Crippen MR) is 220 cm³/mol. The van der Waals surface area contributed by atoms with Crippen LogP contribution in [0.2, 0.25) is 0 Å². The van der Waals surface area contributed by atoms with Crippen molar-refractivity contribution in [1.82, 2.24) is 9.91 Å². The molecule has 322 valence electrons. The summed E-state index contributed by atoms with van der Waals surface area (Å²) in [5.41, 5.74) is -0.350. The minimum absolute atomic E-state index is 0.0559. The van der Waals surface area contributed by atoms with Gasteiger partial charge in [-0.3, -0.25) is 19.4 Å². The van der Waals surface area contributed by atoms with Crippen molar-refractivity contribution in [2.45, 2.75) is 85.6 Å². The number of likely N-dealkylation sites (N-methyl/N-ethyl adjacent to an activating group) is 1. The van der Waals surface area contributed by atoms with Crippen molar-refractivity contribution in [2.75, 3.05) is 45.7 Å². The van der Waals surface area contributed by atoms with E-state index in [0.717, 1.165) is 13.1 Å². The average molecular weight is 823 g/mol. The summed E-state index contributed by atoms with van der Waals surface area (Å²) in [5, 5.41) is 66.8. The van der Waals surface area contributed by atoms with Gasteiger partial charge in [0, 0.05) is 87.3 Å². The summed E-state index contributed by atoms with van der Waals surface area (Å²) < 4.78 is 23.6. The van der Waals surface area contributed by atoms with Crippen LogP contribution >= 0.6 is 0 Å². The van der Waals surface area contributed by atoms with Crippen molar-refractivity contribution in [1.29, 1.82) is 0 Å². The third-order valence-corrected chi connectivity index (χ3v) is 11.9. The fraction of sp³-hybridized carbons (Fsp3) is 0.535. The van der Waals surface area contributed by atoms with Crippen LogP contribution in [0.5, 0.6) is 23.0 Å². The minimum atomic E-state index is -2.04. The summed E-state index contributed by atoms with van der Waals surface area (Å²) in [7, 11) is 3.42. The van der Waals surface area contributed by atoms with E-state index in [4.69, 9.17) is 18.9 Å². The molecule has 0 radical (unpaired) electrons. The molecule has 1 saturated heterocycles. The smallest absolute Gasteiger partial charge is 0.312 e. The number of Topliss-reactive ketones (excluding diaryl/α,β-unsaturated/α-hetero) is 1. The molecule has 2 aromatic carbocycles. The normalized spacial score (nSPS) is 32.1. The number of carbonyl (C=O) groups is 3. The molecule has 4 aliphatic heterocycles. The van der Waals surface area contributed by atoms with Gasteiger partial charge in [0.25, 0.3) is 11.7 Å². The van der Waals surface area contributed by atoms with Crippen molar-refractivity contribution >= 4 is 40.3 Å². The standard InChI is InChI=1S/C43H58N4O12/c1-21-12-11-13-22(2)42(55)45-33-28(20-44-47-17-15-46(9)16-18-47)37(52)30-31(38(33)53)36(51)26(6)40-32(30)41(54)43(8,59-40)57-19-14-29(56-10)23(3)39(58-27(7)48)25(5)35(50)24(4)34(21)49/h11-14,19-21,23-25,29,34-35,39,49-53H,15-18H2,1-10H3,(H,45,55)/b12-11+,19-14+,22-13+,44-20+/t21-,23-,24+,25?,29?,34-,35+,39+,43-/m0/s1. The number of amides is 1. The molecule has 0 spiro atoms. The number of ether oxygens (including phenoxy) is 4. The number of aliphatic hydroxyl groups excluding tert-OH is 2. The molecule has 1 amide bonds. The number of hydrazone groups is 1. The molecule has 0 aliphatic carbocycles. The van der Waals surface area contributed by atoms with E-state index in [1.54, 1.807) is 44.9 Å². The number of fused-ring (bicyclic) bond motifs is 14. The van der Waals surface area contributed by atoms with E-state index in [-0.39, 0.29) is 44.5 Å². The maximum Gasteiger partial charge on any atom is 0.312 e. The van der Waals surface area contributed by atoms with E-state index >= 15 is 0 Å². The van der Waals surface area contributed by atoms with E-state index in [1.165, 1.54) is 59.4 Å². The first kappa shape index (κ1) is 44.9. The van der Waals surface area contributed by atoms with Crippen LogP contribution in [0, 0.1) is 30.6 Å². The number of hydrogen-bond donors (Lipinski definition) is 6. The number of aromatic hydroxyl groups is 3. The number of benzene rings is 2. The van der Waals surface area contributed by atoms with Gasteiger partial charge in [-0.15, -0.1) is 0 Å². The van der Waals surface area contributed by atoms with Gasteiger partial charge >= 0.3 is 11.8 Å². The second kappa shape index (κ2) is 18.0. The van der Waals surface area contributed by atoms with Gasteiger partial charge in [-0.25, -0.2) is 0 Å². The number of esters is 1. The van der Waals surface area contributed by atoms with Gasteiger partial charge in [-0.1, -0.05) is 45.9 Å². The van der Waals surface area contributed by atoms with Crippen molar-refractivity contribution < 1.29 is 58.9 Å². The molecular formula is C43H58N4O12. The number of phenolic OH excluding ortho intramolecular Hbond substituents is 3. The highest BCUT2D eigenvalue weighted by molar-refractivity contribution is 6.23. The number of allylic oxidation sites excluding steroid dienone is 2. The summed E-state index contributed by atoms with van der Waals surface area (Å²) >= 11 is 0. The second-order valence-electron chi connectivity index (χ2n) is 16.1. The summed E-state index contributed by atoms with van der Waals surface area (Å²) in [6.45, 7) is 15.1. The lowest BCUT2D eigenvalue weighted by molar-refractivity contribution is -0.160. The summed E-state index contributed by atoms with van der Waals surface area (Å²) in [5.74, 6) is -8.34. The molecule has 59 heavy (non-hydrogen) atoms. The molecule has 9 atom stereocenters. The van der Waals surface area contributed by atoms with Crippen LogP contribution in [0.25, 0.3) is 10.8 Å². The minimum Gasteiger partial charge on any atom is -0.507 e. The van der Waals surface area contributed by atoms with E-state index in [1.807, 2.05) is 7.05 Å². The number of phenols is 3. The van der Waals surface area contributed by atoms with Crippen molar-refractivity contribution in [3.63, 3.8) is 0 Å². The Morgan fingerprint density at radius 1 is 0.949 bits per heavy atom. The zero-order valence-electron chi connectivity index (χ0n) is 35.3. The Morgan fingerprint density at radius 2 is 1.61 bits per heavy atom. The first-order valence-corrected chi connectivity index (χ1v) is 19.8. The molecule has 4 heterocycles. The van der Waals surface area contributed by atoms with E-state index in [0.29, 0.717) is 13.1 Å². The molecule has 0 aromatic heterocycles. The van der Waals surface area contributed by atoms with Gasteiger partial charge in [0.15, 0.2) is 5.75 Å². The fourth-order valence-electron chi connectivity index (χ4n) is 7.92. The first-order chi connectivity index (χ1) is 27.7. The highest BCUT2D eigenvalue weighted by atomic mass is 16.7. The molecule has 16 heteroatoms. The van der Waals surface area contributed by atoms with E-state index in [2.05, 4.69) is 15.3 Å². The van der Waals surface area contributed by atoms with Crippen LogP contribution in [0.15, 0.2) is 41.2 Å². The zero-order chi connectivity index (χ0) is 43.7. The summed E-state index contributed by atoms with van der Waals surface area (Å²) in [4.78, 5) is 42.6. The molecule has 16 nitrogen and oxygen atoms in total. The highest BCUT2D eigenvalue weighted by Crippen LogP contribution is 2.55. The van der Waals surface area contributed by atoms with Gasteiger partial charge in [0.1, 0.15) is 23.4 Å². The second-order valence-corrected chi connectivity index (χ2v) is 16.1. The van der Waals surface area contributed by atoms with Crippen molar-refractivity contribution in [2.24, 2.45) is 28.8 Å². The summed E-state index contributed by atoms with van der Waals surface area (Å²) in [6, 6.07) is 0. The highest BCUT2D eigenvalue weighted by Gasteiger charge is 2.50. The molecule has 6 rings (SSSR count). The Morgan fingerprint density at radius 3 is 2.24 bits per heavy atom. The maximum absolute atomic E-state index is 14.4. The average Bonchev–Trinajstić information content (AvgIpc) is 3.46. The predicted octanol–water partition coefficient (Wildman–Crippen LogP) is 4.34. The van der Waals surface area contributed by atoms with Gasteiger partial charge in [0.05, 0.1) is 53.0 Å². The Balaban J connectivity index is 1.70. The Hall–Kier alpha value is -5.16. The number of nitrogens with zero attached hydrogens (tertiary/aromatic N) is 3. The van der Waals surface area contributed by atoms with Crippen LogP contribution in [-0.4, -0.2) is 130 Å². The van der Waals surface area contributed by atoms with Crippen LogP contribution < -0.4 is 10.1 Å². The van der Waals surface area contributed by atoms with Crippen LogP contribution in [-0.2, 0) is 23.8 Å². The van der Waals surface area contributed by atoms with Crippen LogP contribution in [0.1, 0.15) is 70.0 Å². The molecule has 1 fully saturated rings. The lowest BCUT2D eigenvalue weighted by atomic mass is 9.78. The molecule has 0 saturated carbocycles. The topological polar surface area (TPSA) is 220 Å². The largest absolute Gasteiger partial charge is 0.507 e. The molecular weight excluding hydrogens is 764 g/mol. The SMILES string of the molecule is COC1/C=C/O[C@@]2(C)Oc3c(C)c(O)c4c(O)c(c(/C=N/N5CCN(C)CC5)c(O)c4c3C2=O)NC(=O)/C(C)=C/C=C/[C@H](C)[C@H](O)[C@@H](C)[C@@H](O)C(C)[C@H](OC(C)=O)[C@H]1C. The lowest BCUT2D eigenvalue weighted by Crippen LogP contribution is -2.46. The van der Waals surface area contributed by atoms with Gasteiger partial charge in [-0.05, 0) is 27.0 Å². The number of aliphatic hydroxyl groups is 2. The third-order valence-electron chi connectivity index (χ3n) is 11.9. The van der Waals surface area contributed by atoms with E-state index < -0.39 is 88.8 Å². The van der Waals surface area contributed by atoms with Gasteiger partial charge < -0.3 is 54.7 Å². The van der Waals surface area contributed by atoms with Gasteiger partial charge in [0.2, 0.25) is 0 Å². The number of rotatable bonds is 4. The van der Waals surface area contributed by atoms with Crippen LogP contribution in [0.3, 0.4) is 0 Å². The Labute approximate surface area is 344 Å². The third kappa shape index (κ3) is 8.91. The molecule has 2 aromatic rings. The number of carbonyl (C=O) groups excluding carboxylic acids is 3. The Bertz CT molecular complexity index is 2070. The fourth-order valence-corrected chi connectivity index (χ4v) is 7.92. The number of piperazine rings is 1. The number of nitrogens with one attached hydrogen (secondary N) is 1. The number of methoxy groups -OCH3 is 1. The molecule has 4 aliphatic rings. The number of ketones is 1. The van der Waals surface area contributed by atoms with E-state index in [9.17, 15) is 39.9 Å². The zero-order valence-corrected chi connectivity index (χ0v) is 35.3. The number of hydrogen-bond acceptors (Lipinski definition) is 15. The van der Waals surface area contributed by atoms with Crippen LogP contribution in [0.4, 0.5) is 5.69 Å².